The first-order chi connectivity index (χ1) is 14.1. The molecule has 1 saturated heterocycles. The van der Waals surface area contributed by atoms with E-state index in [2.05, 4.69) is 57.5 Å². The molecule has 1 aliphatic rings. The second-order valence-corrected chi connectivity index (χ2v) is 7.74. The summed E-state index contributed by atoms with van der Waals surface area (Å²) in [5, 5.41) is 0. The van der Waals surface area contributed by atoms with Crippen LogP contribution in [-0.4, -0.2) is 53.0 Å². The quantitative estimate of drug-likeness (QED) is 0.649. The number of ketones is 1. The summed E-state index contributed by atoms with van der Waals surface area (Å²) in [6.45, 7) is 9.08. The highest BCUT2D eigenvalue weighted by atomic mass is 16.1. The predicted octanol–water partition coefficient (Wildman–Crippen LogP) is 1.53. The number of Topliss-reactive ketones (excluding diaryl/α,β-unsaturated/α-hetero) is 1. The summed E-state index contributed by atoms with van der Waals surface area (Å²) in [5.41, 5.74) is 4.31. The maximum absolute atomic E-state index is 13.0. The highest BCUT2D eigenvalue weighted by molar-refractivity contribution is 5.98. The van der Waals surface area contributed by atoms with E-state index in [1.807, 2.05) is 18.2 Å². The molecule has 1 aromatic carbocycles. The molecule has 0 bridgehead atoms. The molecule has 0 spiro atoms. The number of aryl methyl sites for hydroxylation is 1. The summed E-state index contributed by atoms with van der Waals surface area (Å²) in [6.07, 6.45) is 3.55. The molecule has 0 radical (unpaired) electrons. The zero-order valence-corrected chi connectivity index (χ0v) is 17.1. The van der Waals surface area contributed by atoms with Crippen molar-refractivity contribution in [2.75, 3.05) is 37.6 Å². The zero-order valence-electron chi connectivity index (χ0n) is 17.1. The van der Waals surface area contributed by atoms with Crippen LogP contribution in [0.25, 0.3) is 0 Å². The molecule has 0 saturated carbocycles. The molecule has 1 N–H and O–H groups in total. The number of hydrogen-bond donors (Lipinski definition) is 1. The van der Waals surface area contributed by atoms with Crippen LogP contribution in [0.3, 0.4) is 0 Å². The highest BCUT2D eigenvalue weighted by Gasteiger charge is 2.25. The fourth-order valence-electron chi connectivity index (χ4n) is 4.07. The smallest absolute Gasteiger partial charge is 0.225 e. The molecule has 0 atom stereocenters. The highest BCUT2D eigenvalue weighted by Crippen LogP contribution is 2.17. The topological polar surface area (TPSA) is 55.5 Å². The van der Waals surface area contributed by atoms with Crippen LogP contribution in [0.2, 0.25) is 0 Å². The van der Waals surface area contributed by atoms with Crippen molar-refractivity contribution in [2.45, 2.75) is 20.4 Å². The van der Waals surface area contributed by atoms with Crippen LogP contribution in [0.15, 0.2) is 54.9 Å². The third-order valence-electron chi connectivity index (χ3n) is 5.77. The van der Waals surface area contributed by atoms with Crippen molar-refractivity contribution < 1.29 is 9.69 Å². The number of carbonyl (C=O) groups excluding carboxylic acids is 1. The summed E-state index contributed by atoms with van der Waals surface area (Å²) >= 11 is 0. The van der Waals surface area contributed by atoms with Crippen molar-refractivity contribution in [3.8, 4) is 0 Å². The second-order valence-electron chi connectivity index (χ2n) is 7.74. The van der Waals surface area contributed by atoms with Gasteiger partial charge in [-0.3, -0.25) is 4.79 Å². The Morgan fingerprint density at radius 2 is 1.72 bits per heavy atom. The van der Waals surface area contributed by atoms with Crippen LogP contribution in [0.5, 0.6) is 0 Å². The lowest BCUT2D eigenvalue weighted by Gasteiger charge is -2.31. The molecule has 3 aromatic rings. The van der Waals surface area contributed by atoms with E-state index >= 15 is 0 Å². The van der Waals surface area contributed by atoms with Gasteiger partial charge in [-0.15, -0.1) is 0 Å². The van der Waals surface area contributed by atoms with Crippen LogP contribution in [0.1, 0.15) is 27.3 Å². The first-order valence-corrected chi connectivity index (χ1v) is 10.2. The summed E-state index contributed by atoms with van der Waals surface area (Å²) in [6, 6.07) is 14.3. The molecule has 0 amide bonds. The molecular weight excluding hydrogens is 362 g/mol. The summed E-state index contributed by atoms with van der Waals surface area (Å²) in [7, 11) is 0. The number of rotatable bonds is 6. The fourth-order valence-corrected chi connectivity index (χ4v) is 4.07. The van der Waals surface area contributed by atoms with E-state index in [1.54, 1.807) is 12.4 Å². The zero-order chi connectivity index (χ0) is 20.2. The van der Waals surface area contributed by atoms with E-state index in [0.717, 1.165) is 55.6 Å². The minimum atomic E-state index is 0.233. The molecule has 4 rings (SSSR count). The van der Waals surface area contributed by atoms with Gasteiger partial charge in [0.1, 0.15) is 6.54 Å². The number of carbonyl (C=O) groups is 1. The number of aromatic nitrogens is 3. The van der Waals surface area contributed by atoms with Crippen molar-refractivity contribution in [2.24, 2.45) is 0 Å². The Bertz CT molecular complexity index is 960. The van der Waals surface area contributed by atoms with E-state index in [-0.39, 0.29) is 5.78 Å². The number of piperazine rings is 1. The van der Waals surface area contributed by atoms with Crippen molar-refractivity contribution in [3.63, 3.8) is 0 Å². The first kappa shape index (κ1) is 19.3. The molecule has 0 aliphatic carbocycles. The molecule has 150 valence electrons. The average molecular weight is 391 g/mol. The molecule has 1 fully saturated rings. The normalized spacial score (nSPS) is 14.9. The minimum Gasteiger partial charge on any atom is -0.344 e. The Morgan fingerprint density at radius 1 is 1.03 bits per heavy atom. The third kappa shape index (κ3) is 4.38. The monoisotopic (exact) mass is 390 g/mol. The van der Waals surface area contributed by atoms with Gasteiger partial charge in [0.15, 0.2) is 0 Å². The lowest BCUT2D eigenvalue weighted by molar-refractivity contribution is -0.892. The maximum atomic E-state index is 13.0. The van der Waals surface area contributed by atoms with Crippen LogP contribution in [-0.2, 0) is 6.54 Å². The number of nitrogens with one attached hydrogen (secondary N) is 1. The van der Waals surface area contributed by atoms with Crippen LogP contribution in [0.4, 0.5) is 5.95 Å². The lowest BCUT2D eigenvalue weighted by atomic mass is 10.1. The number of hydrogen-bond acceptors (Lipinski definition) is 4. The van der Waals surface area contributed by atoms with E-state index in [1.165, 1.54) is 10.5 Å². The van der Waals surface area contributed by atoms with Crippen molar-refractivity contribution in [3.05, 3.63) is 77.4 Å². The van der Waals surface area contributed by atoms with Gasteiger partial charge in [-0.25, -0.2) is 9.97 Å². The van der Waals surface area contributed by atoms with Crippen LogP contribution >= 0.6 is 0 Å². The van der Waals surface area contributed by atoms with Gasteiger partial charge in [0.05, 0.1) is 26.2 Å². The Hall–Kier alpha value is -2.99. The largest absolute Gasteiger partial charge is 0.344 e. The van der Waals surface area contributed by atoms with Gasteiger partial charge in [0, 0.05) is 35.9 Å². The Labute approximate surface area is 171 Å². The molecule has 2 aromatic heterocycles. The predicted molar refractivity (Wildman–Crippen MR) is 114 cm³/mol. The summed E-state index contributed by atoms with van der Waals surface area (Å²) in [5.74, 6) is 1.01. The molecule has 29 heavy (non-hydrogen) atoms. The van der Waals surface area contributed by atoms with Crippen molar-refractivity contribution in [1.82, 2.24) is 14.5 Å². The number of nitrogens with zero attached hydrogens (tertiary/aromatic N) is 4. The van der Waals surface area contributed by atoms with Gasteiger partial charge in [0.2, 0.25) is 11.7 Å². The van der Waals surface area contributed by atoms with E-state index < -0.39 is 0 Å². The SMILES string of the molecule is Cc1cc(C(=O)C[NH+]2CCN(c3ncccn3)CC2)c(C)n1Cc1ccccc1. The number of benzene rings is 1. The van der Waals surface area contributed by atoms with Gasteiger partial charge in [-0.2, -0.15) is 0 Å². The standard InChI is InChI=1S/C23H27N5O/c1-18-15-21(19(2)28(18)16-20-7-4-3-5-8-20)22(29)17-26-11-13-27(14-12-26)23-24-9-6-10-25-23/h3-10,15H,11-14,16-17H2,1-2H3/p+1. The van der Waals surface area contributed by atoms with E-state index in [9.17, 15) is 4.79 Å². The first-order valence-electron chi connectivity index (χ1n) is 10.2. The maximum Gasteiger partial charge on any atom is 0.225 e. The Balaban J connectivity index is 1.39. The minimum absolute atomic E-state index is 0.233. The number of anilines is 1. The third-order valence-corrected chi connectivity index (χ3v) is 5.77. The van der Waals surface area contributed by atoms with Crippen molar-refractivity contribution in [1.29, 1.82) is 0 Å². The van der Waals surface area contributed by atoms with Gasteiger partial charge >= 0.3 is 0 Å². The fraction of sp³-hybridized carbons (Fsp3) is 0.348. The number of quaternary nitrogens is 1. The second kappa shape index (κ2) is 8.57. The molecule has 0 unspecified atom stereocenters. The summed E-state index contributed by atoms with van der Waals surface area (Å²) < 4.78 is 2.24. The van der Waals surface area contributed by atoms with Gasteiger partial charge in [-0.1, -0.05) is 30.3 Å². The molecule has 3 heterocycles. The van der Waals surface area contributed by atoms with E-state index in [0.29, 0.717) is 6.54 Å². The molecule has 6 nitrogen and oxygen atoms in total. The van der Waals surface area contributed by atoms with Gasteiger partial charge in [-0.05, 0) is 31.5 Å². The Kier molecular flexibility index (Phi) is 5.71. The molecule has 6 heteroatoms. The lowest BCUT2D eigenvalue weighted by Crippen LogP contribution is -3.15. The van der Waals surface area contributed by atoms with Gasteiger partial charge < -0.3 is 14.4 Å². The van der Waals surface area contributed by atoms with Crippen molar-refractivity contribution >= 4 is 11.7 Å². The van der Waals surface area contributed by atoms with E-state index in [4.69, 9.17) is 0 Å². The Morgan fingerprint density at radius 3 is 2.41 bits per heavy atom. The van der Waals surface area contributed by atoms with Gasteiger partial charge in [0.25, 0.3) is 0 Å². The molecular formula is C23H28N5O+. The summed E-state index contributed by atoms with van der Waals surface area (Å²) in [4.78, 5) is 25.2. The molecule has 1 aliphatic heterocycles. The van der Waals surface area contributed by atoms with Crippen LogP contribution < -0.4 is 9.80 Å². The average Bonchev–Trinajstić information content (AvgIpc) is 3.04. The van der Waals surface area contributed by atoms with Crippen LogP contribution in [0, 0.1) is 13.8 Å².